The van der Waals surface area contributed by atoms with Gasteiger partial charge in [-0.05, 0) is 25.6 Å². The Balaban J connectivity index is 3.47. The van der Waals surface area contributed by atoms with Gasteiger partial charge in [-0.3, -0.25) is 9.59 Å². The zero-order valence-electron chi connectivity index (χ0n) is 13.0. The Hall–Kier alpha value is -1.62. The van der Waals surface area contributed by atoms with Crippen molar-refractivity contribution in [3.05, 3.63) is 30.3 Å². The molecule has 0 saturated carbocycles. The Labute approximate surface area is 122 Å². The fourth-order valence-corrected chi connectivity index (χ4v) is 7.08. The van der Waals surface area contributed by atoms with Crippen LogP contribution in [0.2, 0.25) is 6.55 Å². The first-order valence-electron chi connectivity index (χ1n) is 7.01. The van der Waals surface area contributed by atoms with Crippen LogP contribution in [-0.2, 0) is 9.59 Å². The lowest BCUT2D eigenvalue weighted by molar-refractivity contribution is -0.127. The quantitative estimate of drug-likeness (QED) is 0.775. The molecular weight excluding hydrogens is 268 g/mol. The minimum atomic E-state index is -2.54. The van der Waals surface area contributed by atoms with Gasteiger partial charge in [-0.2, -0.15) is 0 Å². The molecule has 1 aromatic carbocycles. The molecule has 0 fully saturated rings. The van der Waals surface area contributed by atoms with Crippen LogP contribution in [0.1, 0.15) is 27.7 Å². The third kappa shape index (κ3) is 2.93. The number of rotatable bonds is 5. The highest BCUT2D eigenvalue weighted by atomic mass is 28.3. The van der Waals surface area contributed by atoms with Crippen molar-refractivity contribution in [1.82, 2.24) is 9.13 Å². The molecule has 1 rings (SSSR count). The van der Waals surface area contributed by atoms with E-state index in [1.165, 1.54) is 0 Å². The van der Waals surface area contributed by atoms with Crippen LogP contribution in [0.5, 0.6) is 0 Å². The van der Waals surface area contributed by atoms with Crippen molar-refractivity contribution in [2.24, 2.45) is 0 Å². The van der Waals surface area contributed by atoms with Crippen LogP contribution in [0, 0.1) is 0 Å². The summed E-state index contributed by atoms with van der Waals surface area (Å²) in [5.74, 6) is 0.0374. The SMILES string of the molecule is CCN(C(C)=O)[Si](C)(c1ccccc1)N(CC)C(C)=O. The molecule has 0 radical (unpaired) electrons. The Bertz CT molecular complexity index is 454. The fraction of sp³-hybridized carbons (Fsp3) is 0.467. The molecule has 4 nitrogen and oxygen atoms in total. The van der Waals surface area contributed by atoms with Gasteiger partial charge in [0.15, 0.2) is 0 Å². The second kappa shape index (κ2) is 6.70. The maximum atomic E-state index is 12.1. The number of nitrogens with zero attached hydrogens (tertiary/aromatic N) is 2. The van der Waals surface area contributed by atoms with E-state index in [-0.39, 0.29) is 11.8 Å². The molecule has 0 aliphatic heterocycles. The van der Waals surface area contributed by atoms with E-state index in [1.54, 1.807) is 13.8 Å². The van der Waals surface area contributed by atoms with E-state index in [0.717, 1.165) is 5.19 Å². The molecule has 5 heteroatoms. The van der Waals surface area contributed by atoms with Crippen molar-refractivity contribution in [2.45, 2.75) is 34.2 Å². The normalized spacial score (nSPS) is 11.1. The lowest BCUT2D eigenvalue weighted by Gasteiger charge is -2.45. The third-order valence-electron chi connectivity index (χ3n) is 3.76. The van der Waals surface area contributed by atoms with Gasteiger partial charge >= 0.3 is 0 Å². The highest BCUT2D eigenvalue weighted by Crippen LogP contribution is 2.17. The second-order valence-corrected chi connectivity index (χ2v) is 8.61. The predicted molar refractivity (Wildman–Crippen MR) is 83.8 cm³/mol. The summed E-state index contributed by atoms with van der Waals surface area (Å²) >= 11 is 0. The number of carbonyl (C=O) groups is 2. The minimum absolute atomic E-state index is 0.0187. The van der Waals surface area contributed by atoms with Crippen LogP contribution in [0.25, 0.3) is 0 Å². The fourth-order valence-electron chi connectivity index (χ4n) is 2.89. The Morgan fingerprint density at radius 1 is 0.950 bits per heavy atom. The molecule has 0 atom stereocenters. The first kappa shape index (κ1) is 16.4. The first-order chi connectivity index (χ1) is 9.39. The van der Waals surface area contributed by atoms with Crippen molar-refractivity contribution in [3.63, 3.8) is 0 Å². The summed E-state index contributed by atoms with van der Waals surface area (Å²) in [7, 11) is -2.54. The van der Waals surface area contributed by atoms with Crippen LogP contribution < -0.4 is 5.19 Å². The monoisotopic (exact) mass is 292 g/mol. The molecule has 0 bridgehead atoms. The largest absolute Gasteiger partial charge is 0.349 e. The van der Waals surface area contributed by atoms with Crippen molar-refractivity contribution < 1.29 is 9.59 Å². The second-order valence-electron chi connectivity index (χ2n) is 4.91. The summed E-state index contributed by atoms with van der Waals surface area (Å²) in [4.78, 5) is 24.1. The summed E-state index contributed by atoms with van der Waals surface area (Å²) in [6, 6.07) is 9.91. The van der Waals surface area contributed by atoms with Gasteiger partial charge in [-0.25, -0.2) is 0 Å². The maximum Gasteiger partial charge on any atom is 0.298 e. The molecule has 0 saturated heterocycles. The summed E-state index contributed by atoms with van der Waals surface area (Å²) in [6.45, 7) is 10.4. The first-order valence-corrected chi connectivity index (χ1v) is 9.40. The Morgan fingerprint density at radius 3 is 1.65 bits per heavy atom. The molecular formula is C15H24N2O2Si. The molecule has 0 unspecified atom stereocenters. The molecule has 1 aromatic rings. The van der Waals surface area contributed by atoms with Gasteiger partial charge in [0, 0.05) is 26.9 Å². The zero-order chi connectivity index (χ0) is 15.3. The smallest absolute Gasteiger partial charge is 0.298 e. The maximum absolute atomic E-state index is 12.1. The third-order valence-corrected chi connectivity index (χ3v) is 8.56. The summed E-state index contributed by atoms with van der Waals surface area (Å²) in [6.07, 6.45) is 0. The molecule has 0 aromatic heterocycles. The van der Waals surface area contributed by atoms with Crippen molar-refractivity contribution >= 4 is 25.4 Å². The number of benzene rings is 1. The van der Waals surface area contributed by atoms with Gasteiger partial charge in [0.25, 0.3) is 8.40 Å². The number of hydrogen-bond donors (Lipinski definition) is 0. The van der Waals surface area contributed by atoms with E-state index in [4.69, 9.17) is 0 Å². The number of carbonyl (C=O) groups excluding carboxylic acids is 2. The lowest BCUT2D eigenvalue weighted by Crippen LogP contribution is -2.72. The van der Waals surface area contributed by atoms with Crippen molar-refractivity contribution in [3.8, 4) is 0 Å². The highest BCUT2D eigenvalue weighted by Gasteiger charge is 2.45. The molecule has 0 N–H and O–H groups in total. The summed E-state index contributed by atoms with van der Waals surface area (Å²) < 4.78 is 3.74. The molecule has 2 amide bonds. The molecule has 0 aliphatic rings. The van der Waals surface area contributed by atoms with Gasteiger partial charge in [-0.1, -0.05) is 30.3 Å². The molecule has 0 heterocycles. The Kier molecular flexibility index (Phi) is 5.50. The zero-order valence-corrected chi connectivity index (χ0v) is 14.0. The number of amides is 2. The lowest BCUT2D eigenvalue weighted by atomic mass is 10.4. The van der Waals surface area contributed by atoms with Gasteiger partial charge in [0.05, 0.1) is 0 Å². The van der Waals surface area contributed by atoms with E-state index in [2.05, 4.69) is 6.55 Å². The van der Waals surface area contributed by atoms with Crippen LogP contribution in [0.3, 0.4) is 0 Å². The van der Waals surface area contributed by atoms with Crippen LogP contribution in [-0.4, -0.2) is 42.4 Å². The molecule has 110 valence electrons. The van der Waals surface area contributed by atoms with Gasteiger partial charge < -0.3 is 9.13 Å². The van der Waals surface area contributed by atoms with Gasteiger partial charge in [-0.15, -0.1) is 0 Å². The number of hydrogen-bond acceptors (Lipinski definition) is 2. The van der Waals surface area contributed by atoms with Gasteiger partial charge in [0.2, 0.25) is 11.8 Å². The van der Waals surface area contributed by atoms with E-state index >= 15 is 0 Å². The van der Waals surface area contributed by atoms with Crippen LogP contribution >= 0.6 is 0 Å². The van der Waals surface area contributed by atoms with Crippen molar-refractivity contribution in [2.75, 3.05) is 13.1 Å². The topological polar surface area (TPSA) is 40.6 Å². The highest BCUT2D eigenvalue weighted by molar-refractivity contribution is 6.89. The summed E-state index contributed by atoms with van der Waals surface area (Å²) in [5.41, 5.74) is 0. The van der Waals surface area contributed by atoms with E-state index in [1.807, 2.05) is 53.3 Å². The van der Waals surface area contributed by atoms with Gasteiger partial charge in [0.1, 0.15) is 0 Å². The predicted octanol–water partition coefficient (Wildman–Crippen LogP) is 1.70. The van der Waals surface area contributed by atoms with E-state index in [9.17, 15) is 9.59 Å². The average molecular weight is 292 g/mol. The van der Waals surface area contributed by atoms with Crippen molar-refractivity contribution in [1.29, 1.82) is 0 Å². The molecule has 0 aliphatic carbocycles. The molecule has 0 spiro atoms. The summed E-state index contributed by atoms with van der Waals surface area (Å²) in [5, 5.41) is 1.08. The van der Waals surface area contributed by atoms with Crippen LogP contribution in [0.15, 0.2) is 30.3 Å². The van der Waals surface area contributed by atoms with E-state index in [0.29, 0.717) is 13.1 Å². The van der Waals surface area contributed by atoms with E-state index < -0.39 is 8.40 Å². The Morgan fingerprint density at radius 2 is 1.35 bits per heavy atom. The van der Waals surface area contributed by atoms with Crippen LogP contribution in [0.4, 0.5) is 0 Å². The standard InChI is InChI=1S/C15H24N2O2Si/c1-6-16(13(3)18)20(5,17(7-2)14(4)19)15-11-9-8-10-12-15/h8-12H,6-7H2,1-5H3. The average Bonchev–Trinajstić information content (AvgIpc) is 2.40. The minimum Gasteiger partial charge on any atom is -0.349 e. The molecule has 20 heavy (non-hydrogen) atoms.